The Morgan fingerprint density at radius 2 is 1.92 bits per heavy atom. The summed E-state index contributed by atoms with van der Waals surface area (Å²) >= 11 is 1.38. The standard InChI is InChI=1S/C18H29N3O3S/c1-17(2,3)12(9-19-16(23)24-18(4,5)6)21-15(22)14-13(11-7-8-11)20-10-25-14/h10-12H,7-9H2,1-6H3,(H,19,23)(H,21,22)/t12-/m1/s1. The van der Waals surface area contributed by atoms with Crippen molar-refractivity contribution in [2.45, 2.75) is 71.9 Å². The van der Waals surface area contributed by atoms with Gasteiger partial charge in [-0.25, -0.2) is 9.78 Å². The van der Waals surface area contributed by atoms with Crippen molar-refractivity contribution in [2.75, 3.05) is 6.54 Å². The van der Waals surface area contributed by atoms with E-state index in [1.54, 1.807) is 5.51 Å². The van der Waals surface area contributed by atoms with Crippen LogP contribution in [-0.4, -0.2) is 35.2 Å². The lowest BCUT2D eigenvalue weighted by molar-refractivity contribution is 0.0509. The summed E-state index contributed by atoms with van der Waals surface area (Å²) in [4.78, 5) is 29.6. The Balaban J connectivity index is 1.99. The summed E-state index contributed by atoms with van der Waals surface area (Å²) in [5.41, 5.74) is 1.88. The second-order valence-electron chi connectivity index (χ2n) is 8.62. The molecule has 0 spiro atoms. The number of alkyl carbamates (subject to hydrolysis) is 1. The molecule has 1 heterocycles. The number of aromatic nitrogens is 1. The number of rotatable bonds is 5. The maximum absolute atomic E-state index is 12.7. The summed E-state index contributed by atoms with van der Waals surface area (Å²) in [6, 6.07) is -0.221. The average Bonchev–Trinajstić information content (AvgIpc) is 3.17. The zero-order valence-corrected chi connectivity index (χ0v) is 16.8. The molecule has 25 heavy (non-hydrogen) atoms. The molecule has 0 unspecified atom stereocenters. The molecule has 2 N–H and O–H groups in total. The summed E-state index contributed by atoms with van der Waals surface area (Å²) in [6.45, 7) is 11.9. The summed E-state index contributed by atoms with van der Waals surface area (Å²) in [5, 5.41) is 5.82. The van der Waals surface area contributed by atoms with E-state index in [1.165, 1.54) is 11.3 Å². The van der Waals surface area contributed by atoms with Crippen LogP contribution in [0.1, 0.15) is 75.7 Å². The number of nitrogens with one attached hydrogen (secondary N) is 2. The molecule has 1 aliphatic carbocycles. The van der Waals surface area contributed by atoms with Crippen molar-refractivity contribution in [1.82, 2.24) is 15.6 Å². The van der Waals surface area contributed by atoms with E-state index >= 15 is 0 Å². The van der Waals surface area contributed by atoms with Crippen LogP contribution in [0.4, 0.5) is 4.79 Å². The third kappa shape index (κ3) is 5.99. The van der Waals surface area contributed by atoms with Crippen LogP contribution in [0.2, 0.25) is 0 Å². The predicted molar refractivity (Wildman–Crippen MR) is 99.0 cm³/mol. The van der Waals surface area contributed by atoms with Crippen molar-refractivity contribution in [1.29, 1.82) is 0 Å². The van der Waals surface area contributed by atoms with Crippen LogP contribution in [0.25, 0.3) is 0 Å². The molecule has 1 aliphatic rings. The highest BCUT2D eigenvalue weighted by molar-refractivity contribution is 7.11. The lowest BCUT2D eigenvalue weighted by Gasteiger charge is -2.32. The monoisotopic (exact) mass is 367 g/mol. The highest BCUT2D eigenvalue weighted by Crippen LogP contribution is 2.41. The fourth-order valence-electron chi connectivity index (χ4n) is 2.37. The topological polar surface area (TPSA) is 80.3 Å². The van der Waals surface area contributed by atoms with E-state index in [4.69, 9.17) is 4.74 Å². The number of hydrogen-bond donors (Lipinski definition) is 2. The van der Waals surface area contributed by atoms with Gasteiger partial charge in [0.2, 0.25) is 0 Å². The van der Waals surface area contributed by atoms with E-state index in [0.717, 1.165) is 18.5 Å². The number of thiazole rings is 1. The Labute approximate surface area is 153 Å². The second-order valence-corrected chi connectivity index (χ2v) is 9.47. The number of carbonyl (C=O) groups is 2. The number of hydrogen-bond acceptors (Lipinski definition) is 5. The van der Waals surface area contributed by atoms with Crippen LogP contribution in [0.3, 0.4) is 0 Å². The van der Waals surface area contributed by atoms with Crippen LogP contribution >= 0.6 is 11.3 Å². The van der Waals surface area contributed by atoms with Crippen molar-refractivity contribution in [3.63, 3.8) is 0 Å². The first-order chi connectivity index (χ1) is 11.5. The van der Waals surface area contributed by atoms with Gasteiger partial charge in [0.05, 0.1) is 17.2 Å². The van der Waals surface area contributed by atoms with Gasteiger partial charge in [-0.2, -0.15) is 0 Å². The average molecular weight is 368 g/mol. The molecular formula is C18H29N3O3S. The fourth-order valence-corrected chi connectivity index (χ4v) is 3.15. The van der Waals surface area contributed by atoms with Gasteiger partial charge in [-0.1, -0.05) is 20.8 Å². The molecule has 1 atom stereocenters. The quantitative estimate of drug-likeness (QED) is 0.832. The van der Waals surface area contributed by atoms with E-state index in [-0.39, 0.29) is 17.4 Å². The zero-order chi connectivity index (χ0) is 18.8. The molecule has 6 nitrogen and oxygen atoms in total. The molecule has 0 bridgehead atoms. The summed E-state index contributed by atoms with van der Waals surface area (Å²) in [7, 11) is 0. The molecule has 1 aromatic rings. The van der Waals surface area contributed by atoms with E-state index in [1.807, 2.05) is 41.5 Å². The summed E-state index contributed by atoms with van der Waals surface area (Å²) < 4.78 is 5.27. The maximum Gasteiger partial charge on any atom is 0.407 e. The molecule has 0 aromatic carbocycles. The first-order valence-electron chi connectivity index (χ1n) is 8.68. The first kappa shape index (κ1) is 19.7. The second kappa shape index (κ2) is 7.32. The summed E-state index contributed by atoms with van der Waals surface area (Å²) in [5.74, 6) is 0.315. The third-order valence-electron chi connectivity index (χ3n) is 3.97. The number of carbonyl (C=O) groups excluding carboxylic acids is 2. The van der Waals surface area contributed by atoms with Crippen LogP contribution in [-0.2, 0) is 4.74 Å². The Hall–Kier alpha value is -1.63. The van der Waals surface area contributed by atoms with Gasteiger partial charge in [0.1, 0.15) is 10.5 Å². The van der Waals surface area contributed by atoms with Gasteiger partial charge in [-0.3, -0.25) is 4.79 Å². The van der Waals surface area contributed by atoms with Gasteiger partial charge in [-0.05, 0) is 39.0 Å². The molecule has 7 heteroatoms. The molecule has 2 amide bonds. The smallest absolute Gasteiger partial charge is 0.407 e. The highest BCUT2D eigenvalue weighted by atomic mass is 32.1. The van der Waals surface area contributed by atoms with Crippen molar-refractivity contribution < 1.29 is 14.3 Å². The molecule has 0 radical (unpaired) electrons. The lowest BCUT2D eigenvalue weighted by Crippen LogP contribution is -2.51. The van der Waals surface area contributed by atoms with Gasteiger partial charge < -0.3 is 15.4 Å². The van der Waals surface area contributed by atoms with Crippen molar-refractivity contribution in [3.05, 3.63) is 16.1 Å². The van der Waals surface area contributed by atoms with E-state index in [2.05, 4.69) is 15.6 Å². The van der Waals surface area contributed by atoms with Crippen molar-refractivity contribution in [2.24, 2.45) is 5.41 Å². The van der Waals surface area contributed by atoms with Gasteiger partial charge >= 0.3 is 6.09 Å². The lowest BCUT2D eigenvalue weighted by atomic mass is 9.86. The molecule has 2 rings (SSSR count). The minimum atomic E-state index is -0.549. The Kier molecular flexibility index (Phi) is 5.76. The zero-order valence-electron chi connectivity index (χ0n) is 15.9. The Bertz CT molecular complexity index is 624. The van der Waals surface area contributed by atoms with Gasteiger partial charge in [0.15, 0.2) is 0 Å². The van der Waals surface area contributed by atoms with E-state index in [0.29, 0.717) is 17.3 Å². The van der Waals surface area contributed by atoms with Gasteiger partial charge in [0.25, 0.3) is 5.91 Å². The molecule has 1 saturated carbocycles. The highest BCUT2D eigenvalue weighted by Gasteiger charge is 2.33. The molecular weight excluding hydrogens is 338 g/mol. The first-order valence-corrected chi connectivity index (χ1v) is 9.56. The molecule has 140 valence electrons. The Morgan fingerprint density at radius 1 is 1.28 bits per heavy atom. The number of ether oxygens (including phenoxy) is 1. The molecule has 1 fully saturated rings. The number of amides is 2. The van der Waals surface area contributed by atoms with Crippen LogP contribution < -0.4 is 10.6 Å². The largest absolute Gasteiger partial charge is 0.444 e. The van der Waals surface area contributed by atoms with E-state index < -0.39 is 11.7 Å². The minimum Gasteiger partial charge on any atom is -0.444 e. The van der Waals surface area contributed by atoms with Crippen LogP contribution in [0, 0.1) is 5.41 Å². The molecule has 0 aliphatic heterocycles. The predicted octanol–water partition coefficient (Wildman–Crippen LogP) is 3.69. The van der Waals surface area contributed by atoms with E-state index in [9.17, 15) is 9.59 Å². The summed E-state index contributed by atoms with van der Waals surface area (Å²) in [6.07, 6.45) is 1.73. The van der Waals surface area contributed by atoms with Crippen LogP contribution in [0.5, 0.6) is 0 Å². The normalized spacial score (nSPS) is 16.2. The van der Waals surface area contributed by atoms with Crippen molar-refractivity contribution in [3.8, 4) is 0 Å². The fraction of sp³-hybridized carbons (Fsp3) is 0.722. The van der Waals surface area contributed by atoms with Gasteiger partial charge in [-0.15, -0.1) is 11.3 Å². The SMILES string of the molecule is CC(C)(C)OC(=O)NC[C@@H](NC(=O)c1scnc1C1CC1)C(C)(C)C. The van der Waals surface area contributed by atoms with Crippen molar-refractivity contribution >= 4 is 23.3 Å². The number of nitrogens with zero attached hydrogens (tertiary/aromatic N) is 1. The van der Waals surface area contributed by atoms with Gasteiger partial charge in [0, 0.05) is 12.5 Å². The molecule has 1 aromatic heterocycles. The molecule has 0 saturated heterocycles. The third-order valence-corrected chi connectivity index (χ3v) is 4.81. The Morgan fingerprint density at radius 3 is 2.44 bits per heavy atom. The maximum atomic E-state index is 12.7. The van der Waals surface area contributed by atoms with Crippen LogP contribution in [0.15, 0.2) is 5.51 Å². The minimum absolute atomic E-state index is 0.115.